The molecule has 0 saturated carbocycles. The van der Waals surface area contributed by atoms with Crippen molar-refractivity contribution in [2.75, 3.05) is 11.4 Å². The molecule has 110 valence electrons. The first-order valence-corrected chi connectivity index (χ1v) is 6.43. The first-order valence-electron chi connectivity index (χ1n) is 6.43. The number of rotatable bonds is 3. The third kappa shape index (κ3) is 3.49. The normalized spacial score (nSPS) is 19.4. The van der Waals surface area contributed by atoms with E-state index in [0.29, 0.717) is 13.0 Å². The number of aryl methyl sites for hydroxylation is 1. The molecule has 0 radical (unpaired) electrons. The predicted octanol–water partition coefficient (Wildman–Crippen LogP) is 0.986. The molecule has 6 heteroatoms. The van der Waals surface area contributed by atoms with Crippen molar-refractivity contribution < 1.29 is 9.59 Å². The van der Waals surface area contributed by atoms with E-state index < -0.39 is 12.1 Å². The van der Waals surface area contributed by atoms with Crippen molar-refractivity contribution >= 4 is 29.9 Å². The first-order chi connectivity index (χ1) is 8.99. The van der Waals surface area contributed by atoms with Crippen LogP contribution >= 0.6 is 12.4 Å². The largest absolute Gasteiger partial charge is 0.343 e. The summed E-state index contributed by atoms with van der Waals surface area (Å²) in [6, 6.07) is 6.72. The quantitative estimate of drug-likeness (QED) is 0.873. The van der Waals surface area contributed by atoms with Gasteiger partial charge in [-0.05, 0) is 32.4 Å². The van der Waals surface area contributed by atoms with E-state index in [1.54, 1.807) is 11.8 Å². The van der Waals surface area contributed by atoms with Crippen LogP contribution in [-0.4, -0.2) is 30.4 Å². The molecular formula is C14H20ClN3O2. The molecule has 3 N–H and O–H groups in total. The molecule has 1 fully saturated rings. The van der Waals surface area contributed by atoms with Crippen LogP contribution in [0.4, 0.5) is 5.69 Å². The molecule has 0 aliphatic carbocycles. The summed E-state index contributed by atoms with van der Waals surface area (Å²) in [4.78, 5) is 25.4. The van der Waals surface area contributed by atoms with Gasteiger partial charge in [0.25, 0.3) is 0 Å². The fraction of sp³-hybridized carbons (Fsp3) is 0.429. The van der Waals surface area contributed by atoms with Gasteiger partial charge in [-0.15, -0.1) is 12.4 Å². The number of nitrogens with zero attached hydrogens (tertiary/aromatic N) is 1. The number of nitrogens with two attached hydrogens (primary N) is 1. The van der Waals surface area contributed by atoms with E-state index in [9.17, 15) is 9.59 Å². The molecule has 20 heavy (non-hydrogen) atoms. The number of anilines is 1. The molecule has 1 aromatic carbocycles. The van der Waals surface area contributed by atoms with Gasteiger partial charge < -0.3 is 16.0 Å². The van der Waals surface area contributed by atoms with Gasteiger partial charge >= 0.3 is 0 Å². The van der Waals surface area contributed by atoms with Gasteiger partial charge in [-0.1, -0.05) is 17.7 Å². The Hall–Kier alpha value is -1.59. The van der Waals surface area contributed by atoms with Gasteiger partial charge in [-0.3, -0.25) is 9.59 Å². The second-order valence-electron chi connectivity index (χ2n) is 4.96. The van der Waals surface area contributed by atoms with Gasteiger partial charge in [-0.25, -0.2) is 0 Å². The first kappa shape index (κ1) is 16.5. The summed E-state index contributed by atoms with van der Waals surface area (Å²) >= 11 is 0. The number of hydrogen-bond donors (Lipinski definition) is 2. The van der Waals surface area contributed by atoms with Crippen LogP contribution in [0.25, 0.3) is 0 Å². The molecule has 0 bridgehead atoms. The molecule has 1 aliphatic rings. The van der Waals surface area contributed by atoms with E-state index in [1.807, 2.05) is 31.2 Å². The van der Waals surface area contributed by atoms with Gasteiger partial charge in [0.15, 0.2) is 0 Å². The molecule has 1 aliphatic heterocycles. The van der Waals surface area contributed by atoms with E-state index in [2.05, 4.69) is 5.32 Å². The van der Waals surface area contributed by atoms with Crippen LogP contribution in [0.1, 0.15) is 18.9 Å². The van der Waals surface area contributed by atoms with E-state index in [-0.39, 0.29) is 24.2 Å². The zero-order valence-electron chi connectivity index (χ0n) is 11.6. The number of carbonyl (C=O) groups excluding carboxylic acids is 2. The third-order valence-electron chi connectivity index (χ3n) is 3.28. The molecule has 1 saturated heterocycles. The second-order valence-corrected chi connectivity index (χ2v) is 4.96. The van der Waals surface area contributed by atoms with Gasteiger partial charge in [-0.2, -0.15) is 0 Å². The standard InChI is InChI=1S/C14H19N3O2.ClH/c1-9-3-5-11(6-4-9)17-8-7-12(14(17)19)16-13(18)10(2)15;/h3-6,10,12H,7-8,15H2,1-2H3,(H,16,18);1H/t10-,12?;/m0./s1. The van der Waals surface area contributed by atoms with Crippen molar-refractivity contribution in [2.45, 2.75) is 32.4 Å². The Morgan fingerprint density at radius 1 is 1.40 bits per heavy atom. The minimum absolute atomic E-state index is 0. The molecule has 1 heterocycles. The second kappa shape index (κ2) is 6.72. The summed E-state index contributed by atoms with van der Waals surface area (Å²) in [6.45, 7) is 4.22. The van der Waals surface area contributed by atoms with Gasteiger partial charge in [0.05, 0.1) is 6.04 Å². The monoisotopic (exact) mass is 297 g/mol. The Morgan fingerprint density at radius 2 is 2.00 bits per heavy atom. The summed E-state index contributed by atoms with van der Waals surface area (Å²) in [5, 5.41) is 2.68. The van der Waals surface area contributed by atoms with Gasteiger partial charge in [0.2, 0.25) is 11.8 Å². The molecule has 2 rings (SSSR count). The Balaban J connectivity index is 0.00000200. The lowest BCUT2D eigenvalue weighted by molar-refractivity contribution is -0.127. The third-order valence-corrected chi connectivity index (χ3v) is 3.28. The zero-order valence-corrected chi connectivity index (χ0v) is 12.4. The maximum absolute atomic E-state index is 12.2. The number of carbonyl (C=O) groups is 2. The number of hydrogen-bond acceptors (Lipinski definition) is 3. The molecular weight excluding hydrogens is 278 g/mol. The van der Waals surface area contributed by atoms with Crippen molar-refractivity contribution in [3.63, 3.8) is 0 Å². The van der Waals surface area contributed by atoms with Crippen LogP contribution < -0.4 is 16.0 Å². The topological polar surface area (TPSA) is 75.4 Å². The van der Waals surface area contributed by atoms with E-state index >= 15 is 0 Å². The van der Waals surface area contributed by atoms with Gasteiger partial charge in [0, 0.05) is 12.2 Å². The summed E-state index contributed by atoms with van der Waals surface area (Å²) in [5.41, 5.74) is 7.50. The number of nitrogens with one attached hydrogen (secondary N) is 1. The lowest BCUT2D eigenvalue weighted by Crippen LogP contribution is -2.47. The SMILES string of the molecule is Cc1ccc(N2CCC(NC(=O)[C@H](C)N)C2=O)cc1.Cl. The number of benzene rings is 1. The molecule has 0 spiro atoms. The van der Waals surface area contributed by atoms with Crippen molar-refractivity contribution in [1.29, 1.82) is 0 Å². The average molecular weight is 298 g/mol. The Morgan fingerprint density at radius 3 is 2.55 bits per heavy atom. The maximum Gasteiger partial charge on any atom is 0.249 e. The molecule has 1 unspecified atom stereocenters. The van der Waals surface area contributed by atoms with Crippen molar-refractivity contribution in [3.8, 4) is 0 Å². The van der Waals surface area contributed by atoms with Crippen LogP contribution in [0.3, 0.4) is 0 Å². The zero-order chi connectivity index (χ0) is 14.0. The molecule has 0 aromatic heterocycles. The minimum Gasteiger partial charge on any atom is -0.343 e. The van der Waals surface area contributed by atoms with Crippen molar-refractivity contribution in [2.24, 2.45) is 5.73 Å². The maximum atomic E-state index is 12.2. The van der Waals surface area contributed by atoms with Crippen molar-refractivity contribution in [3.05, 3.63) is 29.8 Å². The predicted molar refractivity (Wildman–Crippen MR) is 81.0 cm³/mol. The highest BCUT2D eigenvalue weighted by Gasteiger charge is 2.33. The fourth-order valence-electron chi connectivity index (χ4n) is 2.10. The van der Waals surface area contributed by atoms with Crippen LogP contribution in [0, 0.1) is 6.92 Å². The number of halogens is 1. The smallest absolute Gasteiger partial charge is 0.249 e. The average Bonchev–Trinajstić information content (AvgIpc) is 2.72. The van der Waals surface area contributed by atoms with Crippen LogP contribution in [-0.2, 0) is 9.59 Å². The van der Waals surface area contributed by atoms with Crippen molar-refractivity contribution in [1.82, 2.24) is 5.32 Å². The highest BCUT2D eigenvalue weighted by atomic mass is 35.5. The molecule has 2 atom stereocenters. The summed E-state index contributed by atoms with van der Waals surface area (Å²) in [6.07, 6.45) is 0.616. The molecule has 1 aromatic rings. The fourth-order valence-corrected chi connectivity index (χ4v) is 2.10. The van der Waals surface area contributed by atoms with E-state index in [0.717, 1.165) is 11.3 Å². The Bertz CT molecular complexity index is 488. The van der Waals surface area contributed by atoms with E-state index in [1.165, 1.54) is 0 Å². The number of amides is 2. The van der Waals surface area contributed by atoms with Gasteiger partial charge in [0.1, 0.15) is 6.04 Å². The molecule has 2 amide bonds. The van der Waals surface area contributed by atoms with Crippen LogP contribution in [0.5, 0.6) is 0 Å². The van der Waals surface area contributed by atoms with Crippen LogP contribution in [0.2, 0.25) is 0 Å². The summed E-state index contributed by atoms with van der Waals surface area (Å²) in [5.74, 6) is -0.359. The van der Waals surface area contributed by atoms with E-state index in [4.69, 9.17) is 5.73 Å². The minimum atomic E-state index is -0.596. The highest BCUT2D eigenvalue weighted by molar-refractivity contribution is 6.01. The Kier molecular flexibility index (Phi) is 5.53. The highest BCUT2D eigenvalue weighted by Crippen LogP contribution is 2.21. The lowest BCUT2D eigenvalue weighted by atomic mass is 10.2. The molecule has 5 nitrogen and oxygen atoms in total. The van der Waals surface area contributed by atoms with Crippen LogP contribution in [0.15, 0.2) is 24.3 Å². The summed E-state index contributed by atoms with van der Waals surface area (Å²) in [7, 11) is 0. The Labute approximate surface area is 124 Å². The lowest BCUT2D eigenvalue weighted by Gasteiger charge is -2.18. The summed E-state index contributed by atoms with van der Waals surface area (Å²) < 4.78 is 0.